The maximum Gasteiger partial charge on any atom is 0.243 e. The van der Waals surface area contributed by atoms with Crippen molar-refractivity contribution in [3.05, 3.63) is 30.1 Å². The number of rotatable bonds is 6. The lowest BCUT2D eigenvalue weighted by Crippen LogP contribution is -2.46. The zero-order valence-electron chi connectivity index (χ0n) is 13.5. The molecule has 2 rings (SSSR count). The van der Waals surface area contributed by atoms with Gasteiger partial charge in [-0.3, -0.25) is 4.79 Å². The molecule has 23 heavy (non-hydrogen) atoms. The molecule has 1 atom stereocenters. The van der Waals surface area contributed by atoms with E-state index in [1.807, 2.05) is 0 Å². The van der Waals surface area contributed by atoms with Crippen LogP contribution in [0, 0.1) is 11.7 Å². The minimum atomic E-state index is -3.79. The Kier molecular flexibility index (Phi) is 5.75. The third-order valence-corrected chi connectivity index (χ3v) is 5.87. The van der Waals surface area contributed by atoms with E-state index in [4.69, 9.17) is 0 Å². The zero-order chi connectivity index (χ0) is 17.0. The van der Waals surface area contributed by atoms with Crippen molar-refractivity contribution in [3.8, 4) is 0 Å². The fourth-order valence-electron chi connectivity index (χ4n) is 2.63. The Hall–Kier alpha value is -1.47. The van der Waals surface area contributed by atoms with Crippen LogP contribution in [0.25, 0.3) is 0 Å². The van der Waals surface area contributed by atoms with Gasteiger partial charge in [0, 0.05) is 13.1 Å². The lowest BCUT2D eigenvalue weighted by atomic mass is 10.1. The summed E-state index contributed by atoms with van der Waals surface area (Å²) in [6.07, 6.45) is 2.00. The van der Waals surface area contributed by atoms with Crippen molar-refractivity contribution in [2.45, 2.75) is 44.0 Å². The lowest BCUT2D eigenvalue weighted by Gasteiger charge is -2.23. The molecule has 1 aromatic rings. The Labute approximate surface area is 136 Å². The van der Waals surface area contributed by atoms with E-state index < -0.39 is 21.9 Å². The summed E-state index contributed by atoms with van der Waals surface area (Å²) < 4.78 is 39.5. The van der Waals surface area contributed by atoms with Crippen LogP contribution in [-0.2, 0) is 14.8 Å². The summed E-state index contributed by atoms with van der Waals surface area (Å²) in [5, 5.41) is 2.81. The maximum absolute atomic E-state index is 13.0. The van der Waals surface area contributed by atoms with Gasteiger partial charge >= 0.3 is 0 Å². The zero-order valence-corrected chi connectivity index (χ0v) is 14.3. The number of halogens is 1. The van der Waals surface area contributed by atoms with Gasteiger partial charge in [0.25, 0.3) is 0 Å². The third-order valence-electron chi connectivity index (χ3n) is 3.95. The third kappa shape index (κ3) is 4.29. The molecule has 5 nitrogen and oxygen atoms in total. The summed E-state index contributed by atoms with van der Waals surface area (Å²) in [5.41, 5.74) is 0. The van der Waals surface area contributed by atoms with E-state index in [0.29, 0.717) is 31.8 Å². The lowest BCUT2D eigenvalue weighted by molar-refractivity contribution is -0.124. The standard InChI is InChI=1S/C16H23FN2O3S/c1-12(2)9-10-18-16(20)15-4-3-11-19(15)23(21,22)14-7-5-13(17)6-8-14/h5-8,12,15H,3-4,9-11H2,1-2H3,(H,18,20)/t15-/m0/s1. The first-order chi connectivity index (χ1) is 10.8. The minimum Gasteiger partial charge on any atom is -0.355 e. The first-order valence-electron chi connectivity index (χ1n) is 7.87. The average Bonchev–Trinajstić information content (AvgIpc) is 2.97. The Morgan fingerprint density at radius 3 is 2.61 bits per heavy atom. The fraction of sp³-hybridized carbons (Fsp3) is 0.562. The van der Waals surface area contributed by atoms with Gasteiger partial charge in [0.2, 0.25) is 15.9 Å². The molecule has 0 unspecified atom stereocenters. The van der Waals surface area contributed by atoms with Crippen LogP contribution in [0.15, 0.2) is 29.2 Å². The first-order valence-corrected chi connectivity index (χ1v) is 9.31. The van der Waals surface area contributed by atoms with Crippen molar-refractivity contribution < 1.29 is 17.6 Å². The first kappa shape index (κ1) is 17.9. The van der Waals surface area contributed by atoms with Gasteiger partial charge in [-0.15, -0.1) is 0 Å². The molecule has 1 aliphatic heterocycles. The van der Waals surface area contributed by atoms with Gasteiger partial charge in [-0.05, 0) is 49.4 Å². The second-order valence-electron chi connectivity index (χ2n) is 6.20. The monoisotopic (exact) mass is 342 g/mol. The normalized spacial score (nSPS) is 19.2. The van der Waals surface area contributed by atoms with E-state index in [0.717, 1.165) is 18.6 Å². The summed E-state index contributed by atoms with van der Waals surface area (Å²) >= 11 is 0. The number of sulfonamides is 1. The largest absolute Gasteiger partial charge is 0.355 e. The molecule has 128 valence electrons. The SMILES string of the molecule is CC(C)CCNC(=O)[C@@H]1CCCN1S(=O)(=O)c1ccc(F)cc1. The highest BCUT2D eigenvalue weighted by Crippen LogP contribution is 2.26. The number of nitrogens with zero attached hydrogens (tertiary/aromatic N) is 1. The van der Waals surface area contributed by atoms with Crippen LogP contribution in [0.3, 0.4) is 0 Å². The minimum absolute atomic E-state index is 0.0146. The number of hydrogen-bond acceptors (Lipinski definition) is 3. The van der Waals surface area contributed by atoms with Crippen LogP contribution in [0.1, 0.15) is 33.1 Å². The van der Waals surface area contributed by atoms with Crippen LogP contribution in [0.5, 0.6) is 0 Å². The van der Waals surface area contributed by atoms with Crippen molar-refractivity contribution in [2.24, 2.45) is 5.92 Å². The van der Waals surface area contributed by atoms with E-state index in [1.54, 1.807) is 0 Å². The molecule has 1 heterocycles. The van der Waals surface area contributed by atoms with Crippen molar-refractivity contribution in [1.82, 2.24) is 9.62 Å². The molecule has 1 fully saturated rings. The van der Waals surface area contributed by atoms with Crippen LogP contribution >= 0.6 is 0 Å². The molecule has 1 aromatic carbocycles. The Balaban J connectivity index is 2.11. The molecule has 0 aromatic heterocycles. The van der Waals surface area contributed by atoms with Crippen molar-refractivity contribution in [3.63, 3.8) is 0 Å². The van der Waals surface area contributed by atoms with E-state index in [-0.39, 0.29) is 10.8 Å². The molecular formula is C16H23FN2O3S. The highest BCUT2D eigenvalue weighted by molar-refractivity contribution is 7.89. The van der Waals surface area contributed by atoms with Gasteiger partial charge in [-0.1, -0.05) is 13.8 Å². The van der Waals surface area contributed by atoms with Gasteiger partial charge in [0.1, 0.15) is 11.9 Å². The van der Waals surface area contributed by atoms with Crippen LogP contribution in [-0.4, -0.2) is 37.8 Å². The number of nitrogens with one attached hydrogen (secondary N) is 1. The predicted octanol–water partition coefficient (Wildman–Crippen LogP) is 2.14. The van der Waals surface area contributed by atoms with E-state index in [1.165, 1.54) is 16.4 Å². The quantitative estimate of drug-likeness (QED) is 0.861. The van der Waals surface area contributed by atoms with Crippen LogP contribution in [0.2, 0.25) is 0 Å². The molecule has 1 saturated heterocycles. The summed E-state index contributed by atoms with van der Waals surface area (Å²) in [6, 6.07) is 4.01. The Morgan fingerprint density at radius 1 is 1.35 bits per heavy atom. The number of benzene rings is 1. The molecule has 0 bridgehead atoms. The second kappa shape index (κ2) is 7.40. The molecule has 7 heteroatoms. The number of carbonyl (C=O) groups excluding carboxylic acids is 1. The second-order valence-corrected chi connectivity index (χ2v) is 8.09. The predicted molar refractivity (Wildman–Crippen MR) is 85.8 cm³/mol. The van der Waals surface area contributed by atoms with Crippen LogP contribution < -0.4 is 5.32 Å². The summed E-state index contributed by atoms with van der Waals surface area (Å²) in [6.45, 7) is 4.97. The highest BCUT2D eigenvalue weighted by Gasteiger charge is 2.39. The van der Waals surface area contributed by atoms with E-state index in [9.17, 15) is 17.6 Å². The van der Waals surface area contributed by atoms with E-state index >= 15 is 0 Å². The molecule has 1 amide bonds. The topological polar surface area (TPSA) is 66.5 Å². The van der Waals surface area contributed by atoms with E-state index in [2.05, 4.69) is 19.2 Å². The summed E-state index contributed by atoms with van der Waals surface area (Å²) in [5.74, 6) is -0.278. The highest BCUT2D eigenvalue weighted by atomic mass is 32.2. The van der Waals surface area contributed by atoms with Crippen molar-refractivity contribution in [1.29, 1.82) is 0 Å². The van der Waals surface area contributed by atoms with Gasteiger partial charge in [0.05, 0.1) is 4.90 Å². The maximum atomic E-state index is 13.0. The van der Waals surface area contributed by atoms with Crippen LogP contribution in [0.4, 0.5) is 4.39 Å². The molecule has 1 aliphatic rings. The van der Waals surface area contributed by atoms with Gasteiger partial charge < -0.3 is 5.32 Å². The molecular weight excluding hydrogens is 319 g/mol. The fourth-order valence-corrected chi connectivity index (χ4v) is 4.29. The number of hydrogen-bond donors (Lipinski definition) is 1. The molecule has 0 saturated carbocycles. The molecule has 0 aliphatic carbocycles. The average molecular weight is 342 g/mol. The van der Waals surface area contributed by atoms with Gasteiger partial charge in [0.15, 0.2) is 0 Å². The molecule has 1 N–H and O–H groups in total. The Morgan fingerprint density at radius 2 is 2.00 bits per heavy atom. The van der Waals surface area contributed by atoms with Gasteiger partial charge in [-0.2, -0.15) is 4.31 Å². The number of amides is 1. The van der Waals surface area contributed by atoms with Crippen molar-refractivity contribution >= 4 is 15.9 Å². The Bertz CT molecular complexity index is 644. The summed E-state index contributed by atoms with van der Waals surface area (Å²) in [7, 11) is -3.79. The summed E-state index contributed by atoms with van der Waals surface area (Å²) in [4.78, 5) is 12.3. The number of carbonyl (C=O) groups is 1. The molecule has 0 spiro atoms. The van der Waals surface area contributed by atoms with Gasteiger partial charge in [-0.25, -0.2) is 12.8 Å². The van der Waals surface area contributed by atoms with Crippen molar-refractivity contribution in [2.75, 3.05) is 13.1 Å². The smallest absolute Gasteiger partial charge is 0.243 e. The molecule has 0 radical (unpaired) electrons.